The van der Waals surface area contributed by atoms with Crippen LogP contribution in [0.15, 0.2) is 23.1 Å². The van der Waals surface area contributed by atoms with Crippen molar-refractivity contribution in [2.75, 3.05) is 6.54 Å². The first-order valence-electron chi connectivity index (χ1n) is 6.26. The largest absolute Gasteiger partial charge is 0.313 e. The lowest BCUT2D eigenvalue weighted by Crippen LogP contribution is -2.42. The summed E-state index contributed by atoms with van der Waals surface area (Å²) in [5.41, 5.74) is 0. The molecule has 0 aromatic heterocycles. The molecule has 0 fully saturated rings. The third-order valence-electron chi connectivity index (χ3n) is 3.16. The first-order valence-corrected chi connectivity index (χ1v) is 8.57. The van der Waals surface area contributed by atoms with Crippen molar-refractivity contribution in [3.63, 3.8) is 0 Å². The summed E-state index contributed by atoms with van der Waals surface area (Å²) in [7, 11) is -3.50. The van der Waals surface area contributed by atoms with E-state index in [2.05, 4.69) is 5.32 Å². The highest BCUT2D eigenvalue weighted by molar-refractivity contribution is 7.92. The van der Waals surface area contributed by atoms with E-state index >= 15 is 0 Å². The van der Waals surface area contributed by atoms with Gasteiger partial charge in [-0.1, -0.05) is 37.0 Å². The number of hydrogen-bond donors (Lipinski definition) is 1. The van der Waals surface area contributed by atoms with Crippen LogP contribution in [0.3, 0.4) is 0 Å². The minimum absolute atomic E-state index is 0.102. The molecule has 2 atom stereocenters. The molecular weight excluding hydrogens is 305 g/mol. The van der Waals surface area contributed by atoms with Gasteiger partial charge < -0.3 is 5.32 Å². The molecule has 3 nitrogen and oxygen atoms in total. The molecule has 0 aliphatic heterocycles. The lowest BCUT2D eigenvalue weighted by molar-refractivity contribution is 0.483. The highest BCUT2D eigenvalue weighted by atomic mass is 35.5. The molecule has 108 valence electrons. The van der Waals surface area contributed by atoms with Crippen LogP contribution >= 0.6 is 23.2 Å². The summed E-state index contributed by atoms with van der Waals surface area (Å²) in [6, 6.07) is 4.39. The van der Waals surface area contributed by atoms with E-state index in [1.54, 1.807) is 13.0 Å². The Kier molecular flexibility index (Phi) is 6.12. The summed E-state index contributed by atoms with van der Waals surface area (Å²) in [4.78, 5) is 0.102. The molecule has 0 aliphatic carbocycles. The maximum atomic E-state index is 12.6. The Morgan fingerprint density at radius 1 is 1.26 bits per heavy atom. The fraction of sp³-hybridized carbons (Fsp3) is 0.538. The summed E-state index contributed by atoms with van der Waals surface area (Å²) in [6.07, 6.45) is 0.729. The third-order valence-corrected chi connectivity index (χ3v) is 6.10. The average molecular weight is 324 g/mol. The van der Waals surface area contributed by atoms with Crippen LogP contribution in [0.4, 0.5) is 0 Å². The van der Waals surface area contributed by atoms with Crippen molar-refractivity contribution in [2.45, 2.75) is 43.4 Å². The molecular formula is C13H19Cl2NO2S. The molecule has 2 unspecified atom stereocenters. The first kappa shape index (κ1) is 16.8. The molecule has 0 spiro atoms. The second kappa shape index (κ2) is 6.93. The van der Waals surface area contributed by atoms with E-state index in [9.17, 15) is 8.42 Å². The first-order chi connectivity index (χ1) is 8.84. The normalized spacial score (nSPS) is 15.2. The third kappa shape index (κ3) is 3.85. The van der Waals surface area contributed by atoms with Gasteiger partial charge in [0, 0.05) is 11.1 Å². The summed E-state index contributed by atoms with van der Waals surface area (Å²) < 4.78 is 25.2. The fourth-order valence-electron chi connectivity index (χ4n) is 2.02. The van der Waals surface area contributed by atoms with Gasteiger partial charge in [-0.05, 0) is 38.1 Å². The molecule has 0 saturated carbocycles. The van der Waals surface area contributed by atoms with Crippen LogP contribution in [-0.4, -0.2) is 26.3 Å². The van der Waals surface area contributed by atoms with Crippen molar-refractivity contribution in [2.24, 2.45) is 0 Å². The Bertz CT molecular complexity index is 531. The van der Waals surface area contributed by atoms with Crippen molar-refractivity contribution in [1.82, 2.24) is 5.32 Å². The molecule has 1 aromatic rings. The standard InChI is InChI=1S/C13H19Cl2NO2S/c1-4-12(16-5-2)9(3)19(17,18)13-8-10(14)6-7-11(13)15/h6-9,12,16H,4-5H2,1-3H3. The lowest BCUT2D eigenvalue weighted by atomic mass is 10.2. The van der Waals surface area contributed by atoms with E-state index in [0.717, 1.165) is 13.0 Å². The number of sulfone groups is 1. The Labute approximate surface area is 125 Å². The van der Waals surface area contributed by atoms with Crippen molar-refractivity contribution in [3.8, 4) is 0 Å². The summed E-state index contributed by atoms with van der Waals surface area (Å²) in [5, 5.41) is 3.20. The minimum Gasteiger partial charge on any atom is -0.313 e. The molecule has 6 heteroatoms. The molecule has 1 N–H and O–H groups in total. The Hall–Kier alpha value is -0.290. The summed E-state index contributed by atoms with van der Waals surface area (Å²) in [5.74, 6) is 0. The smallest absolute Gasteiger partial charge is 0.184 e. The molecule has 0 aliphatic rings. The van der Waals surface area contributed by atoms with Gasteiger partial charge in [0.2, 0.25) is 0 Å². The Balaban J connectivity index is 3.19. The number of hydrogen-bond acceptors (Lipinski definition) is 3. The van der Waals surface area contributed by atoms with Crippen molar-refractivity contribution < 1.29 is 8.42 Å². The van der Waals surface area contributed by atoms with Crippen molar-refractivity contribution >= 4 is 33.0 Å². The highest BCUT2D eigenvalue weighted by Crippen LogP contribution is 2.29. The Morgan fingerprint density at radius 2 is 1.89 bits per heavy atom. The summed E-state index contributed by atoms with van der Waals surface area (Å²) >= 11 is 11.9. The number of halogens is 2. The van der Waals surface area contributed by atoms with Crippen molar-refractivity contribution in [3.05, 3.63) is 28.2 Å². The predicted octanol–water partition coefficient (Wildman–Crippen LogP) is 3.54. The van der Waals surface area contributed by atoms with E-state index < -0.39 is 15.1 Å². The number of benzene rings is 1. The van der Waals surface area contributed by atoms with Crippen LogP contribution in [0.2, 0.25) is 10.0 Å². The van der Waals surface area contributed by atoms with Gasteiger partial charge in [0.1, 0.15) is 0 Å². The molecule has 19 heavy (non-hydrogen) atoms. The second-order valence-electron chi connectivity index (χ2n) is 4.40. The number of nitrogens with one attached hydrogen (secondary N) is 1. The average Bonchev–Trinajstić information content (AvgIpc) is 2.37. The maximum Gasteiger partial charge on any atom is 0.184 e. The van der Waals surface area contributed by atoms with Gasteiger partial charge in [-0.3, -0.25) is 0 Å². The molecule has 0 radical (unpaired) electrons. The predicted molar refractivity (Wildman–Crippen MR) is 80.9 cm³/mol. The van der Waals surface area contributed by atoms with Crippen molar-refractivity contribution in [1.29, 1.82) is 0 Å². The van der Waals surface area contributed by atoms with Crippen LogP contribution in [0.5, 0.6) is 0 Å². The molecule has 0 heterocycles. The zero-order chi connectivity index (χ0) is 14.6. The van der Waals surface area contributed by atoms with E-state index in [-0.39, 0.29) is 16.0 Å². The second-order valence-corrected chi connectivity index (χ2v) is 7.51. The van der Waals surface area contributed by atoms with Crippen LogP contribution < -0.4 is 5.32 Å². The monoisotopic (exact) mass is 323 g/mol. The molecule has 0 bridgehead atoms. The van der Waals surface area contributed by atoms with Crippen LogP contribution in [0.25, 0.3) is 0 Å². The van der Waals surface area contributed by atoms with Gasteiger partial charge in [-0.2, -0.15) is 0 Å². The van der Waals surface area contributed by atoms with Crippen LogP contribution in [0, 0.1) is 0 Å². The van der Waals surface area contributed by atoms with Gasteiger partial charge in [-0.15, -0.1) is 0 Å². The SMILES string of the molecule is CCNC(CC)C(C)S(=O)(=O)c1cc(Cl)ccc1Cl. The zero-order valence-electron chi connectivity index (χ0n) is 11.3. The molecule has 0 amide bonds. The summed E-state index contributed by atoms with van der Waals surface area (Å²) in [6.45, 7) is 6.33. The minimum atomic E-state index is -3.50. The van der Waals surface area contributed by atoms with Gasteiger partial charge >= 0.3 is 0 Å². The molecule has 0 saturated heterocycles. The van der Waals surface area contributed by atoms with Crippen LogP contribution in [0.1, 0.15) is 27.2 Å². The molecule has 1 rings (SSSR count). The maximum absolute atomic E-state index is 12.6. The fourth-order valence-corrected chi connectivity index (χ4v) is 4.45. The Morgan fingerprint density at radius 3 is 2.42 bits per heavy atom. The van der Waals surface area contributed by atoms with Gasteiger partial charge in [-0.25, -0.2) is 8.42 Å². The topological polar surface area (TPSA) is 46.2 Å². The molecule has 1 aromatic carbocycles. The van der Waals surface area contributed by atoms with Gasteiger partial charge in [0.15, 0.2) is 9.84 Å². The van der Waals surface area contributed by atoms with Gasteiger partial charge in [0.05, 0.1) is 15.2 Å². The van der Waals surface area contributed by atoms with Crippen LogP contribution in [-0.2, 0) is 9.84 Å². The number of rotatable bonds is 6. The van der Waals surface area contributed by atoms with Gasteiger partial charge in [0.25, 0.3) is 0 Å². The zero-order valence-corrected chi connectivity index (χ0v) is 13.6. The van der Waals surface area contributed by atoms with E-state index in [1.165, 1.54) is 12.1 Å². The van der Waals surface area contributed by atoms with E-state index in [1.807, 2.05) is 13.8 Å². The quantitative estimate of drug-likeness (QED) is 0.870. The lowest BCUT2D eigenvalue weighted by Gasteiger charge is -2.24. The highest BCUT2D eigenvalue weighted by Gasteiger charge is 2.31. The van der Waals surface area contributed by atoms with E-state index in [0.29, 0.717) is 5.02 Å². The van der Waals surface area contributed by atoms with E-state index in [4.69, 9.17) is 23.2 Å².